The van der Waals surface area contributed by atoms with Crippen LogP contribution < -0.4 is 5.73 Å². The SMILES string of the molecule is CN(Cc1ccsc1)C(=O)c1ccccc1SCC(N)=O. The van der Waals surface area contributed by atoms with Crippen molar-refractivity contribution in [3.63, 3.8) is 0 Å². The summed E-state index contributed by atoms with van der Waals surface area (Å²) in [7, 11) is 1.77. The van der Waals surface area contributed by atoms with Crippen molar-refractivity contribution in [1.29, 1.82) is 0 Å². The highest BCUT2D eigenvalue weighted by molar-refractivity contribution is 8.00. The minimum atomic E-state index is -0.395. The van der Waals surface area contributed by atoms with Gasteiger partial charge >= 0.3 is 0 Å². The summed E-state index contributed by atoms with van der Waals surface area (Å²) in [5.41, 5.74) is 6.87. The maximum absolute atomic E-state index is 12.5. The lowest BCUT2D eigenvalue weighted by molar-refractivity contribution is -0.115. The first-order valence-corrected chi connectivity index (χ1v) is 8.27. The lowest BCUT2D eigenvalue weighted by Crippen LogP contribution is -2.26. The van der Waals surface area contributed by atoms with Gasteiger partial charge < -0.3 is 10.6 Å². The van der Waals surface area contributed by atoms with Crippen molar-refractivity contribution in [1.82, 2.24) is 4.90 Å². The molecule has 2 N–H and O–H groups in total. The van der Waals surface area contributed by atoms with Gasteiger partial charge in [0.25, 0.3) is 5.91 Å². The minimum Gasteiger partial charge on any atom is -0.369 e. The average molecular weight is 320 g/mol. The zero-order valence-electron chi connectivity index (χ0n) is 11.6. The molecule has 0 saturated heterocycles. The fourth-order valence-corrected chi connectivity index (χ4v) is 3.30. The number of carbonyl (C=O) groups excluding carboxylic acids is 2. The van der Waals surface area contributed by atoms with Crippen molar-refractivity contribution >= 4 is 34.9 Å². The highest BCUT2D eigenvalue weighted by Crippen LogP contribution is 2.24. The number of nitrogens with zero attached hydrogens (tertiary/aromatic N) is 1. The molecule has 0 aliphatic rings. The van der Waals surface area contributed by atoms with Gasteiger partial charge in [-0.2, -0.15) is 11.3 Å². The molecule has 4 nitrogen and oxygen atoms in total. The summed E-state index contributed by atoms with van der Waals surface area (Å²) in [6.07, 6.45) is 0. The van der Waals surface area contributed by atoms with Crippen LogP contribution in [0.4, 0.5) is 0 Å². The molecule has 1 aromatic carbocycles. The lowest BCUT2D eigenvalue weighted by Gasteiger charge is -2.18. The van der Waals surface area contributed by atoms with Gasteiger partial charge in [-0.1, -0.05) is 12.1 Å². The smallest absolute Gasteiger partial charge is 0.255 e. The molecule has 21 heavy (non-hydrogen) atoms. The predicted octanol–water partition coefficient (Wildman–Crippen LogP) is 2.60. The molecule has 0 aliphatic carbocycles. The summed E-state index contributed by atoms with van der Waals surface area (Å²) in [5, 5.41) is 4.02. The van der Waals surface area contributed by atoms with Gasteiger partial charge in [-0.25, -0.2) is 0 Å². The van der Waals surface area contributed by atoms with E-state index in [1.807, 2.05) is 35.0 Å². The Balaban J connectivity index is 2.12. The molecule has 2 rings (SSSR count). The lowest BCUT2D eigenvalue weighted by atomic mass is 10.2. The highest BCUT2D eigenvalue weighted by Gasteiger charge is 2.16. The van der Waals surface area contributed by atoms with Gasteiger partial charge in [0.15, 0.2) is 0 Å². The maximum Gasteiger partial charge on any atom is 0.255 e. The van der Waals surface area contributed by atoms with Crippen molar-refractivity contribution in [3.05, 3.63) is 52.2 Å². The van der Waals surface area contributed by atoms with Crippen LogP contribution in [0, 0.1) is 0 Å². The number of primary amides is 1. The largest absolute Gasteiger partial charge is 0.369 e. The standard InChI is InChI=1S/C15H16N2O2S2/c1-17(8-11-6-7-20-9-11)15(19)12-4-2-3-5-13(12)21-10-14(16)18/h2-7,9H,8,10H2,1H3,(H2,16,18). The third-order valence-corrected chi connectivity index (χ3v) is 4.66. The third kappa shape index (κ3) is 4.34. The third-order valence-electron chi connectivity index (χ3n) is 2.83. The number of hydrogen-bond acceptors (Lipinski definition) is 4. The van der Waals surface area contributed by atoms with Crippen LogP contribution in [-0.2, 0) is 11.3 Å². The Bertz CT molecular complexity index is 626. The molecule has 0 fully saturated rings. The van der Waals surface area contributed by atoms with E-state index in [-0.39, 0.29) is 11.7 Å². The number of rotatable bonds is 6. The summed E-state index contributed by atoms with van der Waals surface area (Å²) in [5.74, 6) is -0.291. The molecule has 2 aromatic rings. The Morgan fingerprint density at radius 2 is 2.05 bits per heavy atom. The maximum atomic E-state index is 12.5. The number of benzene rings is 1. The first-order chi connectivity index (χ1) is 10.1. The Labute approximate surface area is 131 Å². The first-order valence-electron chi connectivity index (χ1n) is 6.34. The van der Waals surface area contributed by atoms with Gasteiger partial charge in [0.2, 0.25) is 5.91 Å². The van der Waals surface area contributed by atoms with Crippen molar-refractivity contribution < 1.29 is 9.59 Å². The summed E-state index contributed by atoms with van der Waals surface area (Å²) < 4.78 is 0. The quantitative estimate of drug-likeness (QED) is 0.832. The summed E-state index contributed by atoms with van der Waals surface area (Å²) in [4.78, 5) is 25.9. The van der Waals surface area contributed by atoms with Gasteiger partial charge in [-0.15, -0.1) is 11.8 Å². The normalized spacial score (nSPS) is 10.3. The molecule has 0 radical (unpaired) electrons. The minimum absolute atomic E-state index is 0.0613. The van der Waals surface area contributed by atoms with Gasteiger partial charge in [-0.3, -0.25) is 9.59 Å². The second kappa shape index (κ2) is 7.28. The van der Waals surface area contributed by atoms with E-state index in [1.54, 1.807) is 29.4 Å². The van der Waals surface area contributed by atoms with E-state index in [0.29, 0.717) is 12.1 Å². The van der Waals surface area contributed by atoms with E-state index in [0.717, 1.165) is 10.5 Å². The highest BCUT2D eigenvalue weighted by atomic mass is 32.2. The number of hydrogen-bond donors (Lipinski definition) is 1. The van der Waals surface area contributed by atoms with Gasteiger partial charge in [0.05, 0.1) is 11.3 Å². The topological polar surface area (TPSA) is 63.4 Å². The van der Waals surface area contributed by atoms with E-state index >= 15 is 0 Å². The van der Waals surface area contributed by atoms with Crippen LogP contribution in [-0.4, -0.2) is 29.5 Å². The molecular formula is C15H16N2O2S2. The van der Waals surface area contributed by atoms with Crippen molar-refractivity contribution in [2.45, 2.75) is 11.4 Å². The molecule has 0 saturated carbocycles. The van der Waals surface area contributed by atoms with Crippen molar-refractivity contribution in [3.8, 4) is 0 Å². The van der Waals surface area contributed by atoms with E-state index in [2.05, 4.69) is 0 Å². The molecule has 6 heteroatoms. The van der Waals surface area contributed by atoms with Crippen LogP contribution in [0.3, 0.4) is 0 Å². The van der Waals surface area contributed by atoms with E-state index in [4.69, 9.17) is 5.73 Å². The second-order valence-electron chi connectivity index (χ2n) is 4.54. The van der Waals surface area contributed by atoms with E-state index in [1.165, 1.54) is 11.8 Å². The molecule has 0 aliphatic heterocycles. The van der Waals surface area contributed by atoms with Crippen LogP contribution >= 0.6 is 23.1 Å². The molecular weight excluding hydrogens is 304 g/mol. The molecule has 0 bridgehead atoms. The van der Waals surface area contributed by atoms with Gasteiger partial charge in [-0.05, 0) is 34.5 Å². The van der Waals surface area contributed by atoms with Crippen LogP contribution in [0.5, 0.6) is 0 Å². The number of thioether (sulfide) groups is 1. The van der Waals surface area contributed by atoms with E-state index < -0.39 is 5.91 Å². The fourth-order valence-electron chi connectivity index (χ4n) is 1.85. The van der Waals surface area contributed by atoms with Crippen LogP contribution in [0.25, 0.3) is 0 Å². The molecule has 0 atom stereocenters. The second-order valence-corrected chi connectivity index (χ2v) is 6.34. The number of nitrogens with two attached hydrogens (primary N) is 1. The Morgan fingerprint density at radius 1 is 1.29 bits per heavy atom. The Hall–Kier alpha value is -1.79. The zero-order valence-corrected chi connectivity index (χ0v) is 13.2. The number of thiophene rings is 1. The average Bonchev–Trinajstić information content (AvgIpc) is 2.97. The predicted molar refractivity (Wildman–Crippen MR) is 86.5 cm³/mol. The molecule has 110 valence electrons. The zero-order chi connectivity index (χ0) is 15.2. The summed E-state index contributed by atoms with van der Waals surface area (Å²) in [6.45, 7) is 0.567. The van der Waals surface area contributed by atoms with Crippen LogP contribution in [0.1, 0.15) is 15.9 Å². The Morgan fingerprint density at radius 3 is 2.71 bits per heavy atom. The Kier molecular flexibility index (Phi) is 5.41. The van der Waals surface area contributed by atoms with Crippen molar-refractivity contribution in [2.75, 3.05) is 12.8 Å². The molecule has 1 heterocycles. The number of carbonyl (C=O) groups is 2. The molecule has 0 spiro atoms. The summed E-state index contributed by atoms with van der Waals surface area (Å²) >= 11 is 2.90. The van der Waals surface area contributed by atoms with Gasteiger partial charge in [0, 0.05) is 18.5 Å². The molecule has 1 aromatic heterocycles. The molecule has 0 unspecified atom stereocenters. The van der Waals surface area contributed by atoms with Crippen molar-refractivity contribution in [2.24, 2.45) is 5.73 Å². The van der Waals surface area contributed by atoms with Crippen LogP contribution in [0.15, 0.2) is 46.0 Å². The fraction of sp³-hybridized carbons (Fsp3) is 0.200. The first kappa shape index (κ1) is 15.6. The number of amides is 2. The van der Waals surface area contributed by atoms with E-state index in [9.17, 15) is 9.59 Å². The molecule has 2 amide bonds. The van der Waals surface area contributed by atoms with Gasteiger partial charge in [0.1, 0.15) is 0 Å². The summed E-state index contributed by atoms with van der Waals surface area (Å²) in [6, 6.07) is 9.27. The van der Waals surface area contributed by atoms with Crippen LogP contribution in [0.2, 0.25) is 0 Å². The monoisotopic (exact) mass is 320 g/mol.